The smallest absolute Gasteiger partial charge is 0.359 e. The number of ether oxygens (including phenoxy) is 1. The van der Waals surface area contributed by atoms with Crippen molar-refractivity contribution < 1.29 is 28.8 Å². The Hall–Kier alpha value is -1.96. The number of imide groups is 1. The molecule has 0 aromatic rings. The highest BCUT2D eigenvalue weighted by Crippen LogP contribution is 2.12. The first kappa shape index (κ1) is 15.1. The van der Waals surface area contributed by atoms with Crippen LogP contribution in [0.25, 0.3) is 0 Å². The van der Waals surface area contributed by atoms with Gasteiger partial charge in [0.15, 0.2) is 0 Å². The van der Waals surface area contributed by atoms with E-state index >= 15 is 0 Å². The van der Waals surface area contributed by atoms with Gasteiger partial charge in [-0.1, -0.05) is 11.5 Å². The molecule has 1 fully saturated rings. The van der Waals surface area contributed by atoms with Gasteiger partial charge in [0.25, 0.3) is 11.8 Å². The third-order valence-electron chi connectivity index (χ3n) is 2.45. The molecule has 0 aliphatic carbocycles. The van der Waals surface area contributed by atoms with Crippen molar-refractivity contribution in [2.75, 3.05) is 6.54 Å². The van der Waals surface area contributed by atoms with Gasteiger partial charge in [0, 0.05) is 19.3 Å². The molecule has 106 valence electrons. The third kappa shape index (κ3) is 5.04. The number of nitrogens with zero attached hydrogens (tertiary/aromatic N) is 1. The molecule has 2 N–H and O–H groups in total. The zero-order valence-electron chi connectivity index (χ0n) is 10.4. The zero-order valence-corrected chi connectivity index (χ0v) is 10.4. The van der Waals surface area contributed by atoms with Gasteiger partial charge in [-0.15, -0.1) is 0 Å². The monoisotopic (exact) mass is 272 g/mol. The molecular weight excluding hydrogens is 256 g/mol. The van der Waals surface area contributed by atoms with Gasteiger partial charge in [0.05, 0.1) is 0 Å². The molecule has 0 aromatic heterocycles. The maximum Gasteiger partial charge on any atom is 0.541 e. The summed E-state index contributed by atoms with van der Waals surface area (Å²) in [6, 6.07) is 0. The van der Waals surface area contributed by atoms with Crippen LogP contribution in [0.15, 0.2) is 0 Å². The number of hydrogen-bond acceptors (Lipinski definition) is 7. The predicted molar refractivity (Wildman–Crippen MR) is 61.2 cm³/mol. The van der Waals surface area contributed by atoms with Crippen molar-refractivity contribution in [2.45, 2.75) is 38.5 Å². The predicted octanol–water partition coefficient (Wildman–Crippen LogP) is 0.249. The van der Waals surface area contributed by atoms with Crippen LogP contribution in [-0.2, 0) is 24.0 Å². The summed E-state index contributed by atoms with van der Waals surface area (Å²) in [5.41, 5.74) is 5.28. The lowest BCUT2D eigenvalue weighted by Gasteiger charge is -2.11. The average molecular weight is 272 g/mol. The number of carbonyl (C=O) groups excluding carboxylic acids is 4. The van der Waals surface area contributed by atoms with Crippen molar-refractivity contribution in [2.24, 2.45) is 5.73 Å². The first-order chi connectivity index (χ1) is 9.04. The second-order valence-electron chi connectivity index (χ2n) is 4.00. The molecule has 2 amide bonds. The van der Waals surface area contributed by atoms with Gasteiger partial charge in [0.2, 0.25) is 0 Å². The van der Waals surface area contributed by atoms with E-state index in [0.29, 0.717) is 18.0 Å². The first-order valence-electron chi connectivity index (χ1n) is 6.03. The minimum Gasteiger partial charge on any atom is -0.359 e. The summed E-state index contributed by atoms with van der Waals surface area (Å²) in [7, 11) is 0. The van der Waals surface area contributed by atoms with Gasteiger partial charge in [-0.05, 0) is 19.4 Å². The van der Waals surface area contributed by atoms with E-state index in [1.807, 2.05) is 0 Å². The molecule has 19 heavy (non-hydrogen) atoms. The van der Waals surface area contributed by atoms with Crippen molar-refractivity contribution >= 4 is 23.9 Å². The molecule has 8 nitrogen and oxygen atoms in total. The zero-order chi connectivity index (χ0) is 14.3. The number of rotatable bonds is 6. The highest BCUT2D eigenvalue weighted by Gasteiger charge is 2.33. The summed E-state index contributed by atoms with van der Waals surface area (Å²) >= 11 is 0. The van der Waals surface area contributed by atoms with Gasteiger partial charge in [-0.3, -0.25) is 19.2 Å². The molecular formula is C11H16N2O6. The van der Waals surface area contributed by atoms with Crippen LogP contribution < -0.4 is 5.73 Å². The number of nitrogens with two attached hydrogens (primary N) is 1. The second kappa shape index (κ2) is 7.47. The molecule has 0 atom stereocenters. The van der Waals surface area contributed by atoms with E-state index in [0.717, 1.165) is 12.8 Å². The van der Waals surface area contributed by atoms with E-state index in [4.69, 9.17) is 5.73 Å². The SMILES string of the molecule is NCCCCCC(=O)OC(=O)ON1C(=O)CCC1=O. The molecule has 0 bridgehead atoms. The molecule has 0 aromatic carbocycles. The quantitative estimate of drug-likeness (QED) is 0.319. The number of hydroxylamine groups is 2. The Balaban J connectivity index is 2.25. The number of carbonyl (C=O) groups is 4. The summed E-state index contributed by atoms with van der Waals surface area (Å²) in [4.78, 5) is 49.0. The molecule has 0 saturated carbocycles. The Morgan fingerprint density at radius 1 is 1.11 bits per heavy atom. The van der Waals surface area contributed by atoms with E-state index in [2.05, 4.69) is 9.57 Å². The molecule has 8 heteroatoms. The Morgan fingerprint density at radius 3 is 2.32 bits per heavy atom. The third-order valence-corrected chi connectivity index (χ3v) is 2.45. The van der Waals surface area contributed by atoms with E-state index in [9.17, 15) is 19.2 Å². The molecule has 1 rings (SSSR count). The number of unbranched alkanes of at least 4 members (excludes halogenated alkanes) is 2. The Labute approximate surface area is 109 Å². The van der Waals surface area contributed by atoms with E-state index in [-0.39, 0.29) is 19.3 Å². The molecule has 1 heterocycles. The first-order valence-corrected chi connectivity index (χ1v) is 6.03. The maximum atomic E-state index is 11.2. The summed E-state index contributed by atoms with van der Waals surface area (Å²) in [6.45, 7) is 0.538. The molecule has 1 aliphatic heterocycles. The van der Waals surface area contributed by atoms with Gasteiger partial charge in [0.1, 0.15) is 0 Å². The topological polar surface area (TPSA) is 116 Å². The molecule has 0 unspecified atom stereocenters. The number of esters is 1. The fraction of sp³-hybridized carbons (Fsp3) is 0.636. The van der Waals surface area contributed by atoms with Crippen molar-refractivity contribution in [3.63, 3.8) is 0 Å². The minimum absolute atomic E-state index is 0.0147. The number of amides is 2. The molecule has 0 radical (unpaired) electrons. The van der Waals surface area contributed by atoms with Crippen LogP contribution in [0.2, 0.25) is 0 Å². The van der Waals surface area contributed by atoms with Crippen molar-refractivity contribution in [1.29, 1.82) is 0 Å². The van der Waals surface area contributed by atoms with Crippen LogP contribution in [0.3, 0.4) is 0 Å². The lowest BCUT2D eigenvalue weighted by molar-refractivity contribution is -0.179. The highest BCUT2D eigenvalue weighted by molar-refractivity contribution is 6.01. The van der Waals surface area contributed by atoms with E-state index in [1.165, 1.54) is 0 Å². The van der Waals surface area contributed by atoms with E-state index < -0.39 is 23.9 Å². The van der Waals surface area contributed by atoms with Crippen LogP contribution in [0, 0.1) is 0 Å². The molecule has 1 saturated heterocycles. The number of hydrogen-bond donors (Lipinski definition) is 1. The normalized spacial score (nSPS) is 14.7. The fourth-order valence-electron chi connectivity index (χ4n) is 1.49. The molecule has 1 aliphatic rings. The van der Waals surface area contributed by atoms with Crippen LogP contribution in [0.5, 0.6) is 0 Å². The van der Waals surface area contributed by atoms with Crippen molar-refractivity contribution in [3.05, 3.63) is 0 Å². The highest BCUT2D eigenvalue weighted by atomic mass is 16.8. The van der Waals surface area contributed by atoms with Gasteiger partial charge < -0.3 is 10.5 Å². The van der Waals surface area contributed by atoms with Crippen LogP contribution in [-0.4, -0.2) is 35.5 Å². The maximum absolute atomic E-state index is 11.2. The van der Waals surface area contributed by atoms with Crippen LogP contribution in [0.4, 0.5) is 4.79 Å². The summed E-state index contributed by atoms with van der Waals surface area (Å²) in [5, 5.41) is 0.323. The fourth-order valence-corrected chi connectivity index (χ4v) is 1.49. The van der Waals surface area contributed by atoms with Crippen molar-refractivity contribution in [3.8, 4) is 0 Å². The van der Waals surface area contributed by atoms with Crippen molar-refractivity contribution in [1.82, 2.24) is 5.06 Å². The van der Waals surface area contributed by atoms with Gasteiger partial charge in [-0.2, -0.15) is 0 Å². The Kier molecular flexibility index (Phi) is 5.94. The second-order valence-corrected chi connectivity index (χ2v) is 4.00. The van der Waals surface area contributed by atoms with Crippen LogP contribution in [0.1, 0.15) is 38.5 Å². The lowest BCUT2D eigenvalue weighted by atomic mass is 10.2. The summed E-state index contributed by atoms with van der Waals surface area (Å²) in [5.74, 6) is -2.02. The van der Waals surface area contributed by atoms with Gasteiger partial charge in [-0.25, -0.2) is 4.79 Å². The van der Waals surface area contributed by atoms with E-state index in [1.54, 1.807) is 0 Å². The summed E-state index contributed by atoms with van der Waals surface area (Å²) < 4.78 is 4.31. The standard InChI is InChI=1S/C11H16N2O6/c12-7-3-1-2-4-10(16)18-11(17)19-13-8(14)5-6-9(13)15/h1-7,12H2. The average Bonchev–Trinajstić information content (AvgIpc) is 2.66. The largest absolute Gasteiger partial charge is 0.541 e. The summed E-state index contributed by atoms with van der Waals surface area (Å²) in [6.07, 6.45) is 0.741. The molecule has 0 spiro atoms. The minimum atomic E-state index is -1.37. The van der Waals surface area contributed by atoms with Gasteiger partial charge >= 0.3 is 12.1 Å². The lowest BCUT2D eigenvalue weighted by Crippen LogP contribution is -2.33. The Bertz CT molecular complexity index is 365. The van der Waals surface area contributed by atoms with Crippen LogP contribution >= 0.6 is 0 Å². The Morgan fingerprint density at radius 2 is 1.74 bits per heavy atom.